The second kappa shape index (κ2) is 6.14. The van der Waals surface area contributed by atoms with Crippen LogP contribution in [0.5, 0.6) is 0 Å². The number of nitriles is 1. The number of nitrogens with zero attached hydrogens (tertiary/aromatic N) is 3. The molecule has 2 rings (SSSR count). The van der Waals surface area contributed by atoms with Gasteiger partial charge in [-0.3, -0.25) is 10.1 Å². The standard InChI is InChI=1S/C13H16N4O2/c14-9-11-6-8-16-13(12(11)17(18)19)15-7-5-10-3-1-2-4-10/h6,8,10H,1-5,7H2,(H,15,16). The second-order valence-electron chi connectivity index (χ2n) is 4.79. The van der Waals surface area contributed by atoms with Crippen molar-refractivity contribution in [3.63, 3.8) is 0 Å². The molecule has 1 N–H and O–H groups in total. The van der Waals surface area contributed by atoms with Crippen LogP contribution in [0.2, 0.25) is 0 Å². The van der Waals surface area contributed by atoms with Crippen LogP contribution in [0.1, 0.15) is 37.7 Å². The van der Waals surface area contributed by atoms with E-state index < -0.39 is 4.92 Å². The molecule has 19 heavy (non-hydrogen) atoms. The first-order chi connectivity index (χ1) is 9.22. The lowest BCUT2D eigenvalue weighted by Gasteiger charge is -2.10. The Balaban J connectivity index is 2.03. The number of rotatable bonds is 5. The molecular weight excluding hydrogens is 244 g/mol. The zero-order valence-corrected chi connectivity index (χ0v) is 10.6. The Hall–Kier alpha value is -2.16. The summed E-state index contributed by atoms with van der Waals surface area (Å²) >= 11 is 0. The zero-order valence-electron chi connectivity index (χ0n) is 10.6. The summed E-state index contributed by atoms with van der Waals surface area (Å²) in [6, 6.07) is 3.19. The monoisotopic (exact) mass is 260 g/mol. The van der Waals surface area contributed by atoms with Crippen molar-refractivity contribution in [2.45, 2.75) is 32.1 Å². The van der Waals surface area contributed by atoms with Crippen LogP contribution in [0.15, 0.2) is 12.3 Å². The van der Waals surface area contributed by atoms with Crippen LogP contribution in [0.25, 0.3) is 0 Å². The summed E-state index contributed by atoms with van der Waals surface area (Å²) in [4.78, 5) is 14.4. The van der Waals surface area contributed by atoms with Gasteiger partial charge in [-0.15, -0.1) is 0 Å². The van der Waals surface area contributed by atoms with Gasteiger partial charge < -0.3 is 5.32 Å². The number of nitro groups is 1. The third kappa shape index (κ3) is 3.19. The van der Waals surface area contributed by atoms with Gasteiger partial charge in [0.1, 0.15) is 11.6 Å². The largest absolute Gasteiger partial charge is 0.364 e. The number of aromatic nitrogens is 1. The number of nitrogens with one attached hydrogen (secondary N) is 1. The van der Waals surface area contributed by atoms with E-state index in [1.807, 2.05) is 6.07 Å². The number of hydrogen-bond acceptors (Lipinski definition) is 5. The van der Waals surface area contributed by atoms with Crippen LogP contribution in [0.4, 0.5) is 11.5 Å². The third-order valence-electron chi connectivity index (χ3n) is 3.55. The van der Waals surface area contributed by atoms with E-state index in [0.717, 1.165) is 6.42 Å². The molecule has 0 amide bonds. The highest BCUT2D eigenvalue weighted by atomic mass is 16.6. The maximum atomic E-state index is 11.0. The fraction of sp³-hybridized carbons (Fsp3) is 0.538. The van der Waals surface area contributed by atoms with Crippen molar-refractivity contribution in [1.82, 2.24) is 4.98 Å². The Morgan fingerprint density at radius 2 is 2.26 bits per heavy atom. The van der Waals surface area contributed by atoms with Crippen molar-refractivity contribution in [3.05, 3.63) is 27.9 Å². The Morgan fingerprint density at radius 3 is 2.89 bits per heavy atom. The van der Waals surface area contributed by atoms with Crippen molar-refractivity contribution >= 4 is 11.5 Å². The minimum absolute atomic E-state index is 0.0448. The predicted octanol–water partition coefficient (Wildman–Crippen LogP) is 2.85. The second-order valence-corrected chi connectivity index (χ2v) is 4.79. The molecule has 6 heteroatoms. The Labute approximate surface area is 111 Å². The molecule has 1 fully saturated rings. The summed E-state index contributed by atoms with van der Waals surface area (Å²) in [5.41, 5.74) is -0.181. The van der Waals surface area contributed by atoms with E-state index in [9.17, 15) is 10.1 Å². The quantitative estimate of drug-likeness (QED) is 0.649. The minimum Gasteiger partial charge on any atom is -0.364 e. The highest BCUT2D eigenvalue weighted by Gasteiger charge is 2.21. The van der Waals surface area contributed by atoms with Crippen molar-refractivity contribution in [2.75, 3.05) is 11.9 Å². The SMILES string of the molecule is N#Cc1ccnc(NCCC2CCCC2)c1[N+](=O)[O-]. The highest BCUT2D eigenvalue weighted by molar-refractivity contribution is 5.63. The molecule has 0 atom stereocenters. The summed E-state index contributed by atoms with van der Waals surface area (Å²) in [5.74, 6) is 0.910. The van der Waals surface area contributed by atoms with Crippen molar-refractivity contribution in [2.24, 2.45) is 5.92 Å². The lowest BCUT2D eigenvalue weighted by atomic mass is 10.0. The average Bonchev–Trinajstić information content (AvgIpc) is 2.91. The molecule has 0 aromatic carbocycles. The Bertz CT molecular complexity index is 504. The molecule has 1 heterocycles. The van der Waals surface area contributed by atoms with E-state index >= 15 is 0 Å². The highest BCUT2D eigenvalue weighted by Crippen LogP contribution is 2.29. The van der Waals surface area contributed by atoms with Gasteiger partial charge in [0.25, 0.3) is 0 Å². The van der Waals surface area contributed by atoms with Gasteiger partial charge >= 0.3 is 5.69 Å². The first kappa shape index (κ1) is 13.3. The molecule has 6 nitrogen and oxygen atoms in total. The molecule has 1 aliphatic carbocycles. The van der Waals surface area contributed by atoms with E-state index in [4.69, 9.17) is 5.26 Å². The molecule has 0 spiro atoms. The summed E-state index contributed by atoms with van der Waals surface area (Å²) < 4.78 is 0. The summed E-state index contributed by atoms with van der Waals surface area (Å²) in [6.45, 7) is 0.660. The van der Waals surface area contributed by atoms with E-state index in [1.54, 1.807) is 0 Å². The zero-order chi connectivity index (χ0) is 13.7. The lowest BCUT2D eigenvalue weighted by molar-refractivity contribution is -0.384. The summed E-state index contributed by atoms with van der Waals surface area (Å²) in [7, 11) is 0. The molecule has 1 aliphatic rings. The fourth-order valence-corrected chi connectivity index (χ4v) is 2.55. The van der Waals surface area contributed by atoms with Gasteiger partial charge in [-0.25, -0.2) is 4.98 Å². The number of pyridine rings is 1. The summed E-state index contributed by atoms with van der Waals surface area (Å²) in [6.07, 6.45) is 7.48. The molecule has 100 valence electrons. The smallest absolute Gasteiger partial charge is 0.328 e. The molecule has 0 radical (unpaired) electrons. The Morgan fingerprint density at radius 1 is 1.53 bits per heavy atom. The predicted molar refractivity (Wildman–Crippen MR) is 70.7 cm³/mol. The molecule has 1 saturated carbocycles. The number of anilines is 1. The van der Waals surface area contributed by atoms with E-state index in [1.165, 1.54) is 37.9 Å². The Kier molecular flexibility index (Phi) is 4.29. The van der Waals surface area contributed by atoms with Gasteiger partial charge in [-0.1, -0.05) is 25.7 Å². The van der Waals surface area contributed by atoms with Crippen LogP contribution < -0.4 is 5.32 Å². The number of hydrogen-bond donors (Lipinski definition) is 1. The molecule has 0 saturated heterocycles. The van der Waals surface area contributed by atoms with Crippen LogP contribution in [-0.2, 0) is 0 Å². The van der Waals surface area contributed by atoms with E-state index in [2.05, 4.69) is 10.3 Å². The first-order valence-electron chi connectivity index (χ1n) is 6.49. The van der Waals surface area contributed by atoms with Crippen molar-refractivity contribution in [3.8, 4) is 6.07 Å². The van der Waals surface area contributed by atoms with Crippen LogP contribution in [0, 0.1) is 27.4 Å². The minimum atomic E-state index is -0.552. The van der Waals surface area contributed by atoms with E-state index in [-0.39, 0.29) is 17.1 Å². The fourth-order valence-electron chi connectivity index (χ4n) is 2.55. The summed E-state index contributed by atoms with van der Waals surface area (Å²) in [5, 5.41) is 22.9. The van der Waals surface area contributed by atoms with Crippen molar-refractivity contribution < 1.29 is 4.92 Å². The van der Waals surface area contributed by atoms with Gasteiger partial charge in [0.2, 0.25) is 5.82 Å². The molecule has 0 bridgehead atoms. The maximum absolute atomic E-state index is 11.0. The van der Waals surface area contributed by atoms with Gasteiger partial charge in [-0.2, -0.15) is 5.26 Å². The van der Waals surface area contributed by atoms with Gasteiger partial charge in [-0.05, 0) is 18.4 Å². The maximum Gasteiger partial charge on any atom is 0.328 e. The van der Waals surface area contributed by atoms with Crippen molar-refractivity contribution in [1.29, 1.82) is 5.26 Å². The average molecular weight is 260 g/mol. The van der Waals surface area contributed by atoms with Crippen LogP contribution in [-0.4, -0.2) is 16.5 Å². The molecular formula is C13H16N4O2. The molecule has 1 aromatic rings. The first-order valence-corrected chi connectivity index (χ1v) is 6.49. The molecule has 0 unspecified atom stereocenters. The molecule has 1 aromatic heterocycles. The van der Waals surface area contributed by atoms with Gasteiger partial charge in [0, 0.05) is 12.7 Å². The normalized spacial score (nSPS) is 15.1. The van der Waals surface area contributed by atoms with Crippen LogP contribution >= 0.6 is 0 Å². The van der Waals surface area contributed by atoms with Gasteiger partial charge in [0.05, 0.1) is 4.92 Å². The molecule has 0 aliphatic heterocycles. The topological polar surface area (TPSA) is 91.8 Å². The van der Waals surface area contributed by atoms with Crippen LogP contribution in [0.3, 0.4) is 0 Å². The third-order valence-corrected chi connectivity index (χ3v) is 3.55. The van der Waals surface area contributed by atoms with Gasteiger partial charge in [0.15, 0.2) is 0 Å². The van der Waals surface area contributed by atoms with E-state index in [0.29, 0.717) is 12.5 Å². The lowest BCUT2D eigenvalue weighted by Crippen LogP contribution is -2.10.